The molecular formula is C18H26N2. The van der Waals surface area contributed by atoms with Crippen molar-refractivity contribution in [3.8, 4) is 0 Å². The number of hydrogen-bond donors (Lipinski definition) is 2. The van der Waals surface area contributed by atoms with E-state index in [4.69, 9.17) is 5.73 Å². The molecule has 2 nitrogen and oxygen atoms in total. The zero-order valence-electron chi connectivity index (χ0n) is 12.9. The van der Waals surface area contributed by atoms with Gasteiger partial charge in [-0.1, -0.05) is 24.5 Å². The summed E-state index contributed by atoms with van der Waals surface area (Å²) in [6.45, 7) is 7.36. The Morgan fingerprint density at radius 2 is 1.90 bits per heavy atom. The third-order valence-electron chi connectivity index (χ3n) is 5.08. The standard InChI is InChI=1S/C18H26N2/c1-11-8-12(2)18-15(9-11)17(13(3)20-18)16(10-19)14-6-4-5-7-14/h8-9,14,16,20H,4-7,10,19H2,1-3H3. The lowest BCUT2D eigenvalue weighted by Crippen LogP contribution is -2.20. The maximum absolute atomic E-state index is 6.17. The lowest BCUT2D eigenvalue weighted by atomic mass is 9.83. The summed E-state index contributed by atoms with van der Waals surface area (Å²) < 4.78 is 0. The Bertz CT molecular complexity index is 618. The van der Waals surface area contributed by atoms with E-state index in [1.807, 2.05) is 0 Å². The van der Waals surface area contributed by atoms with Gasteiger partial charge in [0.25, 0.3) is 0 Å². The van der Waals surface area contributed by atoms with Crippen molar-refractivity contribution in [1.29, 1.82) is 0 Å². The number of nitrogens with two attached hydrogens (primary N) is 1. The summed E-state index contributed by atoms with van der Waals surface area (Å²) >= 11 is 0. The molecule has 1 saturated carbocycles. The number of aromatic nitrogens is 1. The number of nitrogens with one attached hydrogen (secondary N) is 1. The quantitative estimate of drug-likeness (QED) is 0.856. The second-order valence-electron chi connectivity index (χ2n) is 6.55. The minimum absolute atomic E-state index is 0.521. The van der Waals surface area contributed by atoms with Gasteiger partial charge in [0.05, 0.1) is 0 Å². The van der Waals surface area contributed by atoms with Gasteiger partial charge < -0.3 is 10.7 Å². The average Bonchev–Trinajstić information content (AvgIpc) is 3.01. The van der Waals surface area contributed by atoms with E-state index in [1.54, 1.807) is 0 Å². The lowest BCUT2D eigenvalue weighted by Gasteiger charge is -2.22. The number of aryl methyl sites for hydroxylation is 3. The van der Waals surface area contributed by atoms with Crippen molar-refractivity contribution >= 4 is 10.9 Å². The van der Waals surface area contributed by atoms with Crippen LogP contribution in [0.2, 0.25) is 0 Å². The molecule has 1 fully saturated rings. The van der Waals surface area contributed by atoms with E-state index in [-0.39, 0.29) is 0 Å². The van der Waals surface area contributed by atoms with Crippen LogP contribution in [0, 0.1) is 26.7 Å². The highest BCUT2D eigenvalue weighted by Crippen LogP contribution is 2.41. The highest BCUT2D eigenvalue weighted by Gasteiger charge is 2.28. The van der Waals surface area contributed by atoms with Crippen LogP contribution in [0.25, 0.3) is 10.9 Å². The first-order chi connectivity index (χ1) is 9.61. The summed E-state index contributed by atoms with van der Waals surface area (Å²) in [5.41, 5.74) is 13.0. The van der Waals surface area contributed by atoms with E-state index in [9.17, 15) is 0 Å². The second-order valence-corrected chi connectivity index (χ2v) is 6.55. The fraction of sp³-hybridized carbons (Fsp3) is 0.556. The van der Waals surface area contributed by atoms with Gasteiger partial charge in [-0.2, -0.15) is 0 Å². The van der Waals surface area contributed by atoms with Crippen molar-refractivity contribution in [3.05, 3.63) is 34.5 Å². The molecule has 0 spiro atoms. The number of fused-ring (bicyclic) bond motifs is 1. The summed E-state index contributed by atoms with van der Waals surface area (Å²) in [5, 5.41) is 1.40. The van der Waals surface area contributed by atoms with E-state index in [2.05, 4.69) is 37.9 Å². The molecule has 108 valence electrons. The van der Waals surface area contributed by atoms with E-state index >= 15 is 0 Å². The minimum Gasteiger partial charge on any atom is -0.358 e. The zero-order valence-corrected chi connectivity index (χ0v) is 12.9. The molecular weight excluding hydrogens is 244 g/mol. The highest BCUT2D eigenvalue weighted by atomic mass is 14.7. The highest BCUT2D eigenvalue weighted by molar-refractivity contribution is 5.88. The topological polar surface area (TPSA) is 41.8 Å². The molecule has 0 aliphatic heterocycles. The third kappa shape index (κ3) is 2.16. The zero-order chi connectivity index (χ0) is 14.3. The SMILES string of the molecule is Cc1cc(C)c2[nH]c(C)c(C(CN)C3CCCC3)c2c1. The number of rotatable bonds is 3. The first-order valence-electron chi connectivity index (χ1n) is 7.91. The molecule has 3 N–H and O–H groups in total. The molecule has 2 aromatic rings. The van der Waals surface area contributed by atoms with Crippen molar-refractivity contribution in [2.24, 2.45) is 11.7 Å². The maximum atomic E-state index is 6.17. The van der Waals surface area contributed by atoms with Crippen molar-refractivity contribution in [1.82, 2.24) is 4.98 Å². The van der Waals surface area contributed by atoms with E-state index < -0.39 is 0 Å². The predicted molar refractivity (Wildman–Crippen MR) is 86.3 cm³/mol. The summed E-state index contributed by atoms with van der Waals surface area (Å²) in [5.74, 6) is 1.30. The Hall–Kier alpha value is -1.28. The Labute approximate surface area is 121 Å². The van der Waals surface area contributed by atoms with Gasteiger partial charge >= 0.3 is 0 Å². The molecule has 1 aromatic carbocycles. The molecule has 0 saturated heterocycles. The van der Waals surface area contributed by atoms with Crippen LogP contribution in [0.15, 0.2) is 12.1 Å². The molecule has 1 aliphatic rings. The van der Waals surface area contributed by atoms with Crippen LogP contribution in [0.4, 0.5) is 0 Å². The van der Waals surface area contributed by atoms with Crippen molar-refractivity contribution < 1.29 is 0 Å². The first kappa shape index (κ1) is 13.7. The molecule has 1 aliphatic carbocycles. The van der Waals surface area contributed by atoms with Gasteiger partial charge in [-0.25, -0.2) is 0 Å². The summed E-state index contributed by atoms with van der Waals surface area (Å²) in [6.07, 6.45) is 5.44. The van der Waals surface area contributed by atoms with Crippen LogP contribution < -0.4 is 5.73 Å². The summed E-state index contributed by atoms with van der Waals surface area (Å²) in [4.78, 5) is 3.61. The third-order valence-corrected chi connectivity index (χ3v) is 5.08. The Morgan fingerprint density at radius 1 is 1.20 bits per heavy atom. The summed E-state index contributed by atoms with van der Waals surface area (Å²) in [7, 11) is 0. The number of benzene rings is 1. The van der Waals surface area contributed by atoms with Gasteiger partial charge in [-0.3, -0.25) is 0 Å². The van der Waals surface area contributed by atoms with Crippen molar-refractivity contribution in [2.75, 3.05) is 6.54 Å². The second kappa shape index (κ2) is 5.25. The van der Waals surface area contributed by atoms with Crippen LogP contribution in [0.1, 0.15) is 54.0 Å². The van der Waals surface area contributed by atoms with Crippen LogP contribution in [-0.2, 0) is 0 Å². The van der Waals surface area contributed by atoms with E-state index in [0.29, 0.717) is 5.92 Å². The molecule has 0 bridgehead atoms. The monoisotopic (exact) mass is 270 g/mol. The maximum Gasteiger partial charge on any atom is 0.0488 e. The fourth-order valence-electron chi connectivity index (χ4n) is 4.19. The first-order valence-corrected chi connectivity index (χ1v) is 7.91. The smallest absolute Gasteiger partial charge is 0.0488 e. The molecule has 1 heterocycles. The molecule has 1 aromatic heterocycles. The molecule has 20 heavy (non-hydrogen) atoms. The van der Waals surface area contributed by atoms with E-state index in [1.165, 1.54) is 59.0 Å². The van der Waals surface area contributed by atoms with Gasteiger partial charge in [-0.15, -0.1) is 0 Å². The van der Waals surface area contributed by atoms with Crippen molar-refractivity contribution in [2.45, 2.75) is 52.4 Å². The normalized spacial score (nSPS) is 18.0. The summed E-state index contributed by atoms with van der Waals surface area (Å²) in [6, 6.07) is 4.59. The Balaban J connectivity index is 2.16. The van der Waals surface area contributed by atoms with Crippen LogP contribution in [0.3, 0.4) is 0 Å². The lowest BCUT2D eigenvalue weighted by molar-refractivity contribution is 0.441. The molecule has 1 atom stereocenters. The number of H-pyrrole nitrogens is 1. The molecule has 2 heteroatoms. The largest absolute Gasteiger partial charge is 0.358 e. The van der Waals surface area contributed by atoms with Crippen LogP contribution >= 0.6 is 0 Å². The van der Waals surface area contributed by atoms with Crippen LogP contribution in [-0.4, -0.2) is 11.5 Å². The molecule has 0 radical (unpaired) electrons. The van der Waals surface area contributed by atoms with Gasteiger partial charge in [0, 0.05) is 22.5 Å². The van der Waals surface area contributed by atoms with Crippen LogP contribution in [0.5, 0.6) is 0 Å². The molecule has 0 amide bonds. The Morgan fingerprint density at radius 3 is 2.55 bits per heavy atom. The number of hydrogen-bond acceptors (Lipinski definition) is 1. The van der Waals surface area contributed by atoms with E-state index in [0.717, 1.165) is 12.5 Å². The fourth-order valence-corrected chi connectivity index (χ4v) is 4.19. The van der Waals surface area contributed by atoms with Gasteiger partial charge in [-0.05, 0) is 63.3 Å². The number of aromatic amines is 1. The molecule has 3 rings (SSSR count). The predicted octanol–water partition coefficient (Wildman–Crippen LogP) is 4.33. The average molecular weight is 270 g/mol. The van der Waals surface area contributed by atoms with Gasteiger partial charge in [0.2, 0.25) is 0 Å². The minimum atomic E-state index is 0.521. The van der Waals surface area contributed by atoms with Gasteiger partial charge in [0.15, 0.2) is 0 Å². The molecule has 1 unspecified atom stereocenters. The Kier molecular flexibility index (Phi) is 3.59. The van der Waals surface area contributed by atoms with Crippen molar-refractivity contribution in [3.63, 3.8) is 0 Å². The van der Waals surface area contributed by atoms with Gasteiger partial charge in [0.1, 0.15) is 0 Å².